The van der Waals surface area contributed by atoms with Gasteiger partial charge in [-0.05, 0) is 73.8 Å². The summed E-state index contributed by atoms with van der Waals surface area (Å²) in [6, 6.07) is 17.9. The molecule has 4 rings (SSSR count). The highest BCUT2D eigenvalue weighted by atomic mass is 16.1. The second-order valence-corrected chi connectivity index (χ2v) is 9.22. The fraction of sp³-hybridized carbons (Fsp3) is 0.360. The maximum atomic E-state index is 13.3. The quantitative estimate of drug-likeness (QED) is 0.496. The fourth-order valence-corrected chi connectivity index (χ4v) is 4.09. The molecule has 7 heteroatoms. The van der Waals surface area contributed by atoms with Crippen LogP contribution in [0.4, 0.5) is 0 Å². The summed E-state index contributed by atoms with van der Waals surface area (Å²) in [5, 5.41) is 13.7. The molecule has 0 aliphatic heterocycles. The molecule has 2 aromatic carbocycles. The molecular formula is C25H30N6O. The van der Waals surface area contributed by atoms with Gasteiger partial charge in [0.25, 0.3) is 5.56 Å². The van der Waals surface area contributed by atoms with Crippen LogP contribution in [0.5, 0.6) is 0 Å². The van der Waals surface area contributed by atoms with Crippen molar-refractivity contribution < 1.29 is 0 Å². The number of aromatic nitrogens is 5. The fourth-order valence-electron chi connectivity index (χ4n) is 4.09. The lowest BCUT2D eigenvalue weighted by Crippen LogP contribution is -2.37. The summed E-state index contributed by atoms with van der Waals surface area (Å²) < 4.78 is 1.82. The number of nitrogens with one attached hydrogen (secondary N) is 1. The molecule has 7 nitrogen and oxygen atoms in total. The van der Waals surface area contributed by atoms with E-state index in [1.807, 2.05) is 41.1 Å². The average Bonchev–Trinajstić information content (AvgIpc) is 3.24. The highest BCUT2D eigenvalue weighted by Gasteiger charge is 2.32. The zero-order chi connectivity index (χ0) is 22.9. The smallest absolute Gasteiger partial charge is 0.253 e. The van der Waals surface area contributed by atoms with Gasteiger partial charge in [-0.1, -0.05) is 48.9 Å². The van der Waals surface area contributed by atoms with Crippen LogP contribution < -0.4 is 5.56 Å². The lowest BCUT2D eigenvalue weighted by atomic mass is 10.0. The van der Waals surface area contributed by atoms with E-state index in [1.165, 1.54) is 5.56 Å². The number of aromatic amines is 1. The molecule has 0 saturated carbocycles. The Kier molecular flexibility index (Phi) is 5.93. The highest BCUT2D eigenvalue weighted by Crippen LogP contribution is 2.30. The Morgan fingerprint density at radius 3 is 2.53 bits per heavy atom. The van der Waals surface area contributed by atoms with Crippen LogP contribution in [0.1, 0.15) is 56.3 Å². The molecule has 0 fully saturated rings. The summed E-state index contributed by atoms with van der Waals surface area (Å²) in [5.41, 5.74) is 3.32. The van der Waals surface area contributed by atoms with Crippen LogP contribution in [-0.4, -0.2) is 36.6 Å². The number of nitrogens with zero attached hydrogens (tertiary/aromatic N) is 5. The van der Waals surface area contributed by atoms with E-state index in [2.05, 4.69) is 78.2 Å². The van der Waals surface area contributed by atoms with Gasteiger partial charge >= 0.3 is 0 Å². The molecule has 0 saturated heterocycles. The molecule has 0 amide bonds. The van der Waals surface area contributed by atoms with Gasteiger partial charge in [-0.25, -0.2) is 4.68 Å². The lowest BCUT2D eigenvalue weighted by Gasteiger charge is -2.32. The molecule has 2 heterocycles. The number of pyridine rings is 1. The SMILES string of the molecule is CCN(Cc1ccccc1)C(c1cc2cc(C)ccc2[nH]c1=O)c1nnnn1C(C)(C)C. The average molecular weight is 431 g/mol. The number of benzene rings is 2. The van der Waals surface area contributed by atoms with Crippen molar-refractivity contribution in [1.29, 1.82) is 0 Å². The Labute approximate surface area is 188 Å². The number of H-pyrrole nitrogens is 1. The summed E-state index contributed by atoms with van der Waals surface area (Å²) >= 11 is 0. The van der Waals surface area contributed by atoms with Gasteiger partial charge in [-0.3, -0.25) is 9.69 Å². The molecule has 2 aromatic heterocycles. The van der Waals surface area contributed by atoms with E-state index in [0.29, 0.717) is 17.9 Å². The standard InChI is InChI=1S/C25H30N6O/c1-6-30(16-18-10-8-7-9-11-18)22(23-27-28-29-31(23)25(3,4)5)20-15-19-14-17(2)12-13-21(19)26-24(20)32/h7-15,22H,6,16H2,1-5H3,(H,26,32). The highest BCUT2D eigenvalue weighted by molar-refractivity contribution is 5.79. The Balaban J connectivity index is 1.92. The van der Waals surface area contributed by atoms with Gasteiger partial charge in [0.2, 0.25) is 0 Å². The Morgan fingerprint density at radius 1 is 1.09 bits per heavy atom. The first-order valence-corrected chi connectivity index (χ1v) is 11.0. The van der Waals surface area contributed by atoms with Crippen molar-refractivity contribution >= 4 is 10.9 Å². The molecule has 1 N–H and O–H groups in total. The number of hydrogen-bond donors (Lipinski definition) is 1. The third-order valence-electron chi connectivity index (χ3n) is 5.70. The predicted octanol–water partition coefficient (Wildman–Crippen LogP) is 4.19. The molecule has 0 aliphatic rings. The molecule has 32 heavy (non-hydrogen) atoms. The van der Waals surface area contributed by atoms with Gasteiger partial charge in [0.1, 0.15) is 6.04 Å². The van der Waals surface area contributed by atoms with E-state index >= 15 is 0 Å². The summed E-state index contributed by atoms with van der Waals surface area (Å²) in [4.78, 5) is 18.6. The Bertz CT molecular complexity index is 1270. The largest absolute Gasteiger partial charge is 0.322 e. The van der Waals surface area contributed by atoms with Crippen molar-refractivity contribution in [3.05, 3.63) is 87.5 Å². The van der Waals surface area contributed by atoms with Crippen molar-refractivity contribution in [3.8, 4) is 0 Å². The van der Waals surface area contributed by atoms with Crippen LogP contribution in [0.2, 0.25) is 0 Å². The number of aryl methyl sites for hydroxylation is 1. The summed E-state index contributed by atoms with van der Waals surface area (Å²) in [7, 11) is 0. The van der Waals surface area contributed by atoms with E-state index in [1.54, 1.807) is 0 Å². The zero-order valence-corrected chi connectivity index (χ0v) is 19.3. The van der Waals surface area contributed by atoms with E-state index in [4.69, 9.17) is 0 Å². The molecule has 166 valence electrons. The molecule has 0 radical (unpaired) electrons. The van der Waals surface area contributed by atoms with Crippen molar-refractivity contribution in [2.75, 3.05) is 6.54 Å². The van der Waals surface area contributed by atoms with Crippen LogP contribution >= 0.6 is 0 Å². The van der Waals surface area contributed by atoms with Gasteiger partial charge in [0.15, 0.2) is 5.82 Å². The summed E-state index contributed by atoms with van der Waals surface area (Å²) in [5.74, 6) is 0.660. The third-order valence-corrected chi connectivity index (χ3v) is 5.70. The Morgan fingerprint density at radius 2 is 1.84 bits per heavy atom. The first-order chi connectivity index (χ1) is 15.3. The molecule has 0 bridgehead atoms. The maximum absolute atomic E-state index is 13.3. The maximum Gasteiger partial charge on any atom is 0.253 e. The van der Waals surface area contributed by atoms with E-state index in [-0.39, 0.29) is 11.1 Å². The first-order valence-electron chi connectivity index (χ1n) is 11.0. The minimum atomic E-state index is -0.400. The summed E-state index contributed by atoms with van der Waals surface area (Å²) in [6.07, 6.45) is 0. The monoisotopic (exact) mass is 430 g/mol. The third kappa shape index (κ3) is 4.34. The minimum absolute atomic E-state index is 0.124. The van der Waals surface area contributed by atoms with Gasteiger partial charge in [0, 0.05) is 17.6 Å². The zero-order valence-electron chi connectivity index (χ0n) is 19.3. The van der Waals surface area contributed by atoms with Crippen LogP contribution in [0.15, 0.2) is 59.4 Å². The van der Waals surface area contributed by atoms with Gasteiger partial charge in [0.05, 0.1) is 5.54 Å². The second-order valence-electron chi connectivity index (χ2n) is 9.22. The predicted molar refractivity (Wildman–Crippen MR) is 126 cm³/mol. The van der Waals surface area contributed by atoms with E-state index in [9.17, 15) is 4.79 Å². The lowest BCUT2D eigenvalue weighted by molar-refractivity contribution is 0.202. The van der Waals surface area contributed by atoms with Crippen LogP contribution in [0.3, 0.4) is 0 Å². The number of rotatable bonds is 6. The van der Waals surface area contributed by atoms with Crippen molar-refractivity contribution in [2.45, 2.75) is 52.7 Å². The van der Waals surface area contributed by atoms with Gasteiger partial charge in [-0.2, -0.15) is 0 Å². The Hall–Kier alpha value is -3.32. The first kappa shape index (κ1) is 21.9. The number of fused-ring (bicyclic) bond motifs is 1. The summed E-state index contributed by atoms with van der Waals surface area (Å²) in [6.45, 7) is 11.7. The normalized spacial score (nSPS) is 13.1. The van der Waals surface area contributed by atoms with Crippen LogP contribution in [0, 0.1) is 6.92 Å². The molecule has 4 aromatic rings. The minimum Gasteiger partial charge on any atom is -0.322 e. The molecule has 1 unspecified atom stereocenters. The van der Waals surface area contributed by atoms with Crippen LogP contribution in [0.25, 0.3) is 10.9 Å². The molecule has 1 atom stereocenters. The number of hydrogen-bond acceptors (Lipinski definition) is 5. The second kappa shape index (κ2) is 8.67. The van der Waals surface area contributed by atoms with Gasteiger partial charge < -0.3 is 4.98 Å². The van der Waals surface area contributed by atoms with Crippen molar-refractivity contribution in [3.63, 3.8) is 0 Å². The van der Waals surface area contributed by atoms with E-state index in [0.717, 1.165) is 23.0 Å². The van der Waals surface area contributed by atoms with E-state index < -0.39 is 6.04 Å². The van der Waals surface area contributed by atoms with Crippen molar-refractivity contribution in [2.24, 2.45) is 0 Å². The molecule has 0 aliphatic carbocycles. The van der Waals surface area contributed by atoms with Gasteiger partial charge in [-0.15, -0.1) is 5.10 Å². The van der Waals surface area contributed by atoms with Crippen LogP contribution in [-0.2, 0) is 12.1 Å². The number of tetrazole rings is 1. The molecular weight excluding hydrogens is 400 g/mol. The molecule has 0 spiro atoms. The topological polar surface area (TPSA) is 79.7 Å². The van der Waals surface area contributed by atoms with Crippen molar-refractivity contribution in [1.82, 2.24) is 30.1 Å².